The number of carbonyl (C=O) groups is 1. The average Bonchev–Trinajstić information content (AvgIpc) is 2.62. The van der Waals surface area contributed by atoms with Crippen molar-refractivity contribution in [3.05, 3.63) is 54.4 Å². The molecule has 1 aromatic carbocycles. The molecule has 1 aromatic heterocycles. The topological polar surface area (TPSA) is 57.3 Å². The van der Waals surface area contributed by atoms with E-state index < -0.39 is 0 Å². The van der Waals surface area contributed by atoms with Gasteiger partial charge in [-0.1, -0.05) is 0 Å². The molecule has 1 aliphatic rings. The number of amides is 2. The van der Waals surface area contributed by atoms with Crippen molar-refractivity contribution in [2.75, 3.05) is 34.8 Å². The molecule has 5 nitrogen and oxygen atoms in total. The predicted octanol–water partition coefficient (Wildman–Crippen LogP) is 2.96. The summed E-state index contributed by atoms with van der Waals surface area (Å²) in [5, 5.41) is 5.69. The second-order valence-electron chi connectivity index (χ2n) is 5.31. The Labute approximate surface area is 140 Å². The molecule has 23 heavy (non-hydrogen) atoms. The first-order chi connectivity index (χ1) is 11.3. The van der Waals surface area contributed by atoms with Crippen LogP contribution in [-0.2, 0) is 6.54 Å². The SMILES string of the molecule is O=C(NCc1ccncc1)Nc1ccc(N2CCSCC2)cc1. The van der Waals surface area contributed by atoms with Crippen LogP contribution < -0.4 is 15.5 Å². The van der Waals surface area contributed by atoms with E-state index in [0.29, 0.717) is 6.54 Å². The fourth-order valence-corrected chi connectivity index (χ4v) is 3.34. The van der Waals surface area contributed by atoms with Crippen LogP contribution in [0.4, 0.5) is 16.2 Å². The van der Waals surface area contributed by atoms with Gasteiger partial charge in [-0.2, -0.15) is 11.8 Å². The van der Waals surface area contributed by atoms with Crippen molar-refractivity contribution in [1.82, 2.24) is 10.3 Å². The third-order valence-electron chi connectivity index (χ3n) is 3.70. The first-order valence-electron chi connectivity index (χ1n) is 7.68. The van der Waals surface area contributed by atoms with Crippen molar-refractivity contribution in [3.8, 4) is 0 Å². The fraction of sp³-hybridized carbons (Fsp3) is 0.294. The number of aromatic nitrogens is 1. The highest BCUT2D eigenvalue weighted by atomic mass is 32.2. The average molecular weight is 328 g/mol. The minimum Gasteiger partial charge on any atom is -0.370 e. The van der Waals surface area contributed by atoms with Crippen molar-refractivity contribution < 1.29 is 4.79 Å². The van der Waals surface area contributed by atoms with Gasteiger partial charge in [-0.3, -0.25) is 4.98 Å². The molecule has 0 radical (unpaired) electrons. The molecule has 0 unspecified atom stereocenters. The van der Waals surface area contributed by atoms with Crippen LogP contribution in [0.3, 0.4) is 0 Å². The molecule has 1 fully saturated rings. The smallest absolute Gasteiger partial charge is 0.319 e. The molecule has 0 atom stereocenters. The maximum absolute atomic E-state index is 11.9. The van der Waals surface area contributed by atoms with Gasteiger partial charge in [0.05, 0.1) is 0 Å². The maximum Gasteiger partial charge on any atom is 0.319 e. The number of rotatable bonds is 4. The quantitative estimate of drug-likeness (QED) is 0.906. The van der Waals surface area contributed by atoms with Gasteiger partial charge in [0, 0.05) is 54.9 Å². The standard InChI is InChI=1S/C17H20N4OS/c22-17(19-13-14-5-7-18-8-6-14)20-15-1-3-16(4-2-15)21-9-11-23-12-10-21/h1-8H,9-13H2,(H2,19,20,22). The molecule has 1 saturated heterocycles. The Morgan fingerprint density at radius 3 is 2.48 bits per heavy atom. The Balaban J connectivity index is 1.50. The van der Waals surface area contributed by atoms with Crippen LogP contribution in [0.25, 0.3) is 0 Å². The van der Waals surface area contributed by atoms with Crippen molar-refractivity contribution in [2.45, 2.75) is 6.54 Å². The van der Waals surface area contributed by atoms with Gasteiger partial charge in [0.2, 0.25) is 0 Å². The van der Waals surface area contributed by atoms with Crippen LogP contribution in [0.1, 0.15) is 5.56 Å². The number of nitrogens with one attached hydrogen (secondary N) is 2. The normalized spacial score (nSPS) is 14.3. The van der Waals surface area contributed by atoms with Crippen LogP contribution in [0.2, 0.25) is 0 Å². The van der Waals surface area contributed by atoms with Crippen molar-refractivity contribution >= 4 is 29.2 Å². The highest BCUT2D eigenvalue weighted by molar-refractivity contribution is 7.99. The number of thioether (sulfide) groups is 1. The molecule has 2 aromatic rings. The highest BCUT2D eigenvalue weighted by Crippen LogP contribution is 2.21. The number of carbonyl (C=O) groups excluding carboxylic acids is 1. The lowest BCUT2D eigenvalue weighted by Gasteiger charge is -2.28. The molecule has 0 saturated carbocycles. The first-order valence-corrected chi connectivity index (χ1v) is 8.83. The van der Waals surface area contributed by atoms with Gasteiger partial charge < -0.3 is 15.5 Å². The summed E-state index contributed by atoms with van der Waals surface area (Å²) in [6, 6.07) is 11.6. The Morgan fingerprint density at radius 2 is 1.78 bits per heavy atom. The largest absolute Gasteiger partial charge is 0.370 e. The molecule has 2 amide bonds. The van der Waals surface area contributed by atoms with E-state index in [-0.39, 0.29) is 6.03 Å². The van der Waals surface area contributed by atoms with E-state index in [0.717, 1.165) is 24.3 Å². The summed E-state index contributed by atoms with van der Waals surface area (Å²) >= 11 is 2.00. The van der Waals surface area contributed by atoms with Crippen molar-refractivity contribution in [1.29, 1.82) is 0 Å². The van der Waals surface area contributed by atoms with Crippen LogP contribution in [0.5, 0.6) is 0 Å². The van der Waals surface area contributed by atoms with E-state index in [4.69, 9.17) is 0 Å². The van der Waals surface area contributed by atoms with Gasteiger partial charge in [0.15, 0.2) is 0 Å². The number of urea groups is 1. The first kappa shape index (κ1) is 15.7. The highest BCUT2D eigenvalue weighted by Gasteiger charge is 2.11. The maximum atomic E-state index is 11.9. The van der Waals surface area contributed by atoms with E-state index in [1.165, 1.54) is 17.2 Å². The summed E-state index contributed by atoms with van der Waals surface area (Å²) in [5.41, 5.74) is 3.04. The minimum absolute atomic E-state index is 0.205. The van der Waals surface area contributed by atoms with Gasteiger partial charge in [-0.05, 0) is 42.0 Å². The van der Waals surface area contributed by atoms with Gasteiger partial charge >= 0.3 is 6.03 Å². The molecular weight excluding hydrogens is 308 g/mol. The molecule has 2 N–H and O–H groups in total. The third kappa shape index (κ3) is 4.63. The van der Waals surface area contributed by atoms with Crippen LogP contribution >= 0.6 is 11.8 Å². The van der Waals surface area contributed by atoms with Crippen LogP contribution in [-0.4, -0.2) is 35.6 Å². The van der Waals surface area contributed by atoms with Crippen LogP contribution in [0.15, 0.2) is 48.8 Å². The monoisotopic (exact) mass is 328 g/mol. The van der Waals surface area contributed by atoms with Crippen molar-refractivity contribution in [2.24, 2.45) is 0 Å². The lowest BCUT2D eigenvalue weighted by atomic mass is 10.2. The Kier molecular flexibility index (Phi) is 5.37. The predicted molar refractivity (Wildman–Crippen MR) is 96.1 cm³/mol. The zero-order valence-electron chi connectivity index (χ0n) is 12.9. The molecule has 120 valence electrons. The summed E-state index contributed by atoms with van der Waals surface area (Å²) in [6.45, 7) is 2.66. The van der Waals surface area contributed by atoms with E-state index in [1.54, 1.807) is 12.4 Å². The summed E-state index contributed by atoms with van der Waals surface area (Å²) in [5.74, 6) is 2.36. The van der Waals surface area contributed by atoms with E-state index in [2.05, 4.69) is 32.7 Å². The zero-order valence-corrected chi connectivity index (χ0v) is 13.7. The van der Waals surface area contributed by atoms with Gasteiger partial charge in [-0.15, -0.1) is 0 Å². The van der Waals surface area contributed by atoms with Crippen molar-refractivity contribution in [3.63, 3.8) is 0 Å². The Morgan fingerprint density at radius 1 is 1.09 bits per heavy atom. The molecule has 6 heteroatoms. The summed E-state index contributed by atoms with van der Waals surface area (Å²) in [4.78, 5) is 18.3. The summed E-state index contributed by atoms with van der Waals surface area (Å²) in [6.07, 6.45) is 3.43. The lowest BCUT2D eigenvalue weighted by Crippen LogP contribution is -2.32. The van der Waals surface area contributed by atoms with E-state index in [1.807, 2.05) is 36.0 Å². The number of benzene rings is 1. The Bertz CT molecular complexity index is 627. The molecular formula is C17H20N4OS. The summed E-state index contributed by atoms with van der Waals surface area (Å²) in [7, 11) is 0. The third-order valence-corrected chi connectivity index (χ3v) is 4.65. The fourth-order valence-electron chi connectivity index (χ4n) is 2.44. The zero-order chi connectivity index (χ0) is 15.9. The molecule has 0 aliphatic carbocycles. The second-order valence-corrected chi connectivity index (χ2v) is 6.53. The van der Waals surface area contributed by atoms with Crippen LogP contribution in [0, 0.1) is 0 Å². The lowest BCUT2D eigenvalue weighted by molar-refractivity contribution is 0.251. The van der Waals surface area contributed by atoms with E-state index >= 15 is 0 Å². The minimum atomic E-state index is -0.205. The summed E-state index contributed by atoms with van der Waals surface area (Å²) < 4.78 is 0. The number of pyridine rings is 1. The molecule has 2 heterocycles. The van der Waals surface area contributed by atoms with E-state index in [9.17, 15) is 4.79 Å². The molecule has 0 spiro atoms. The molecule has 0 bridgehead atoms. The molecule has 3 rings (SSSR count). The second kappa shape index (κ2) is 7.87. The Hall–Kier alpha value is -2.21. The van der Waals surface area contributed by atoms with Gasteiger partial charge in [-0.25, -0.2) is 4.79 Å². The van der Waals surface area contributed by atoms with Gasteiger partial charge in [0.1, 0.15) is 0 Å². The van der Waals surface area contributed by atoms with Gasteiger partial charge in [0.25, 0.3) is 0 Å². The number of hydrogen-bond acceptors (Lipinski definition) is 4. The molecule has 1 aliphatic heterocycles. The number of anilines is 2. The number of nitrogens with zero attached hydrogens (tertiary/aromatic N) is 2. The number of hydrogen-bond donors (Lipinski definition) is 2.